The summed E-state index contributed by atoms with van der Waals surface area (Å²) in [6, 6.07) is 16.8. The number of rotatable bonds is 6. The van der Waals surface area contributed by atoms with Crippen LogP contribution in [0.2, 0.25) is 0 Å². The van der Waals surface area contributed by atoms with Gasteiger partial charge in [-0.1, -0.05) is 30.3 Å². The van der Waals surface area contributed by atoms with Crippen molar-refractivity contribution in [3.05, 3.63) is 66.0 Å². The van der Waals surface area contributed by atoms with Crippen LogP contribution in [-0.2, 0) is 11.2 Å². The number of halogens is 1. The van der Waals surface area contributed by atoms with E-state index < -0.39 is 0 Å². The van der Waals surface area contributed by atoms with Gasteiger partial charge in [-0.2, -0.15) is 0 Å². The molecule has 0 unspecified atom stereocenters. The molecule has 2 aromatic carbocycles. The number of amides is 1. The molecule has 1 heterocycles. The van der Waals surface area contributed by atoms with Gasteiger partial charge in [0.25, 0.3) is 0 Å². The van der Waals surface area contributed by atoms with Gasteiger partial charge < -0.3 is 20.4 Å². The maximum atomic E-state index is 13.2. The summed E-state index contributed by atoms with van der Waals surface area (Å²) in [4.78, 5) is 20.8. The van der Waals surface area contributed by atoms with E-state index in [1.165, 1.54) is 17.8 Å². The molecule has 1 aliphatic rings. The molecule has 1 fully saturated rings. The summed E-state index contributed by atoms with van der Waals surface area (Å²) in [6.45, 7) is 3.88. The zero-order valence-electron chi connectivity index (χ0n) is 16.8. The molecule has 3 rings (SSSR count). The standard InChI is InChI=1S/C22H28FN5O/c1-24-22(25-11-10-18-6-5-7-19(23)16-18)26-17-21(29)28-14-12-27(13-15-28)20-8-3-2-4-9-20/h2-9,16H,10-15,17H2,1H3,(H2,24,25,26). The smallest absolute Gasteiger partial charge is 0.242 e. The van der Waals surface area contributed by atoms with Crippen LogP contribution in [0, 0.1) is 5.82 Å². The number of hydrogen-bond acceptors (Lipinski definition) is 3. The van der Waals surface area contributed by atoms with E-state index in [-0.39, 0.29) is 18.3 Å². The van der Waals surface area contributed by atoms with Crippen LogP contribution in [0.1, 0.15) is 5.56 Å². The summed E-state index contributed by atoms with van der Waals surface area (Å²) in [7, 11) is 1.67. The lowest BCUT2D eigenvalue weighted by molar-refractivity contribution is -0.130. The van der Waals surface area contributed by atoms with Crippen molar-refractivity contribution >= 4 is 17.6 Å². The molecule has 1 amide bonds. The zero-order valence-corrected chi connectivity index (χ0v) is 16.8. The van der Waals surface area contributed by atoms with Crippen molar-refractivity contribution in [1.29, 1.82) is 0 Å². The Labute approximate surface area is 171 Å². The molecule has 0 aliphatic carbocycles. The summed E-state index contributed by atoms with van der Waals surface area (Å²) >= 11 is 0. The van der Waals surface area contributed by atoms with Crippen molar-refractivity contribution < 1.29 is 9.18 Å². The van der Waals surface area contributed by atoms with Crippen molar-refractivity contribution in [3.8, 4) is 0 Å². The largest absolute Gasteiger partial charge is 0.368 e. The molecular weight excluding hydrogens is 369 g/mol. The Morgan fingerprint density at radius 3 is 2.48 bits per heavy atom. The van der Waals surface area contributed by atoms with Crippen LogP contribution in [0.5, 0.6) is 0 Å². The van der Waals surface area contributed by atoms with Gasteiger partial charge >= 0.3 is 0 Å². The van der Waals surface area contributed by atoms with Crippen LogP contribution >= 0.6 is 0 Å². The third-order valence-electron chi connectivity index (χ3n) is 4.98. The third kappa shape index (κ3) is 6.20. The molecule has 0 radical (unpaired) electrons. The lowest BCUT2D eigenvalue weighted by atomic mass is 10.1. The summed E-state index contributed by atoms with van der Waals surface area (Å²) in [6.07, 6.45) is 0.674. The molecule has 2 N–H and O–H groups in total. The first-order valence-corrected chi connectivity index (χ1v) is 9.92. The number of guanidine groups is 1. The number of nitrogens with zero attached hydrogens (tertiary/aromatic N) is 3. The summed E-state index contributed by atoms with van der Waals surface area (Å²) < 4.78 is 13.2. The predicted octanol–water partition coefficient (Wildman–Crippen LogP) is 1.88. The van der Waals surface area contributed by atoms with E-state index in [2.05, 4.69) is 32.7 Å². The molecule has 0 spiro atoms. The Bertz CT molecular complexity index is 819. The van der Waals surface area contributed by atoms with Crippen LogP contribution in [0.4, 0.5) is 10.1 Å². The number of piperazine rings is 1. The Balaban J connectivity index is 1.38. The van der Waals surface area contributed by atoms with Crippen molar-refractivity contribution in [3.63, 3.8) is 0 Å². The van der Waals surface area contributed by atoms with E-state index in [1.807, 2.05) is 29.2 Å². The van der Waals surface area contributed by atoms with Gasteiger partial charge in [0.1, 0.15) is 5.82 Å². The highest BCUT2D eigenvalue weighted by Gasteiger charge is 2.21. The number of para-hydroxylation sites is 1. The van der Waals surface area contributed by atoms with Crippen molar-refractivity contribution in [2.24, 2.45) is 4.99 Å². The summed E-state index contributed by atoms with van der Waals surface area (Å²) in [5.74, 6) is 0.395. The first kappa shape index (κ1) is 20.6. The van der Waals surface area contributed by atoms with E-state index in [0.717, 1.165) is 18.7 Å². The van der Waals surface area contributed by atoms with Gasteiger partial charge in [0.05, 0.1) is 6.54 Å². The fraction of sp³-hybridized carbons (Fsp3) is 0.364. The quantitative estimate of drug-likeness (QED) is 0.577. The maximum Gasteiger partial charge on any atom is 0.242 e. The van der Waals surface area contributed by atoms with Crippen molar-refractivity contribution in [2.45, 2.75) is 6.42 Å². The molecule has 1 saturated heterocycles. The van der Waals surface area contributed by atoms with E-state index in [0.29, 0.717) is 32.0 Å². The lowest BCUT2D eigenvalue weighted by Crippen LogP contribution is -2.52. The Morgan fingerprint density at radius 1 is 1.03 bits per heavy atom. The van der Waals surface area contributed by atoms with E-state index in [9.17, 15) is 9.18 Å². The third-order valence-corrected chi connectivity index (χ3v) is 4.98. The van der Waals surface area contributed by atoms with Crippen molar-refractivity contribution in [1.82, 2.24) is 15.5 Å². The molecule has 7 heteroatoms. The van der Waals surface area contributed by atoms with Crippen molar-refractivity contribution in [2.75, 3.05) is 51.2 Å². The van der Waals surface area contributed by atoms with Crippen LogP contribution in [0.3, 0.4) is 0 Å². The van der Waals surface area contributed by atoms with Crippen LogP contribution in [-0.4, -0.2) is 63.1 Å². The van der Waals surface area contributed by atoms with Gasteiger partial charge in [-0.25, -0.2) is 4.39 Å². The first-order chi connectivity index (χ1) is 14.2. The molecular formula is C22H28FN5O. The van der Waals surface area contributed by atoms with E-state index in [1.54, 1.807) is 13.1 Å². The van der Waals surface area contributed by atoms with Gasteiger partial charge in [-0.05, 0) is 36.2 Å². The Hall–Kier alpha value is -3.09. The van der Waals surface area contributed by atoms with Gasteiger partial charge in [0, 0.05) is 45.5 Å². The molecule has 0 bridgehead atoms. The molecule has 154 valence electrons. The van der Waals surface area contributed by atoms with Crippen LogP contribution in [0.25, 0.3) is 0 Å². The zero-order chi connectivity index (χ0) is 20.5. The summed E-state index contributed by atoms with van der Waals surface area (Å²) in [5.41, 5.74) is 2.11. The monoisotopic (exact) mass is 397 g/mol. The number of nitrogens with one attached hydrogen (secondary N) is 2. The predicted molar refractivity (Wildman–Crippen MR) is 115 cm³/mol. The number of anilines is 1. The lowest BCUT2D eigenvalue weighted by Gasteiger charge is -2.36. The molecule has 1 aliphatic heterocycles. The van der Waals surface area contributed by atoms with E-state index >= 15 is 0 Å². The highest BCUT2D eigenvalue weighted by atomic mass is 19.1. The SMILES string of the molecule is CN=C(NCCc1cccc(F)c1)NCC(=O)N1CCN(c2ccccc2)CC1. The second-order valence-corrected chi connectivity index (χ2v) is 6.94. The second kappa shape index (κ2) is 10.5. The van der Waals surface area contributed by atoms with Gasteiger partial charge in [-0.15, -0.1) is 0 Å². The maximum absolute atomic E-state index is 13.2. The highest BCUT2D eigenvalue weighted by molar-refractivity contribution is 5.86. The Kier molecular flexibility index (Phi) is 7.44. The number of benzene rings is 2. The number of carbonyl (C=O) groups is 1. The van der Waals surface area contributed by atoms with Gasteiger partial charge in [-0.3, -0.25) is 9.79 Å². The van der Waals surface area contributed by atoms with E-state index in [4.69, 9.17) is 0 Å². The fourth-order valence-electron chi connectivity index (χ4n) is 3.36. The van der Waals surface area contributed by atoms with Gasteiger partial charge in [0.15, 0.2) is 5.96 Å². The normalized spacial score (nSPS) is 14.6. The topological polar surface area (TPSA) is 60.0 Å². The molecule has 0 atom stereocenters. The first-order valence-electron chi connectivity index (χ1n) is 9.92. The fourth-order valence-corrected chi connectivity index (χ4v) is 3.36. The Morgan fingerprint density at radius 2 is 1.79 bits per heavy atom. The highest BCUT2D eigenvalue weighted by Crippen LogP contribution is 2.15. The minimum Gasteiger partial charge on any atom is -0.368 e. The number of carbonyl (C=O) groups excluding carboxylic acids is 1. The van der Waals surface area contributed by atoms with Crippen LogP contribution < -0.4 is 15.5 Å². The summed E-state index contributed by atoms with van der Waals surface area (Å²) in [5, 5.41) is 6.23. The number of hydrogen-bond donors (Lipinski definition) is 2. The average molecular weight is 397 g/mol. The second-order valence-electron chi connectivity index (χ2n) is 6.94. The molecule has 0 saturated carbocycles. The molecule has 6 nitrogen and oxygen atoms in total. The average Bonchev–Trinajstić information content (AvgIpc) is 2.76. The van der Waals surface area contributed by atoms with Crippen LogP contribution in [0.15, 0.2) is 59.6 Å². The molecule has 0 aromatic heterocycles. The minimum absolute atomic E-state index is 0.0609. The molecule has 2 aromatic rings. The minimum atomic E-state index is -0.233. The number of aliphatic imine (C=N–C) groups is 1. The van der Waals surface area contributed by atoms with Gasteiger partial charge in [0.2, 0.25) is 5.91 Å². The molecule has 29 heavy (non-hydrogen) atoms.